The molecular weight excluding hydrogens is 262 g/mol. The molecule has 1 aromatic carbocycles. The van der Waals surface area contributed by atoms with Crippen molar-refractivity contribution in [1.82, 2.24) is 5.32 Å². The Bertz CT molecular complexity index is 434. The van der Waals surface area contributed by atoms with E-state index < -0.39 is 16.8 Å². The molecule has 106 valence electrons. The lowest BCUT2D eigenvalue weighted by Gasteiger charge is -2.14. The SMILES string of the molecule is CC(NCCCS(C)=O)c1ccc(NC(N)=O)cc1. The highest BCUT2D eigenvalue weighted by molar-refractivity contribution is 7.84. The smallest absolute Gasteiger partial charge is 0.316 e. The van der Waals surface area contributed by atoms with Gasteiger partial charge in [0.1, 0.15) is 0 Å². The summed E-state index contributed by atoms with van der Waals surface area (Å²) in [5.41, 5.74) is 6.86. The molecule has 0 aliphatic carbocycles. The summed E-state index contributed by atoms with van der Waals surface area (Å²) in [4.78, 5) is 10.7. The Balaban J connectivity index is 2.41. The Kier molecular flexibility index (Phi) is 6.52. The van der Waals surface area contributed by atoms with Gasteiger partial charge in [0, 0.05) is 34.5 Å². The Labute approximate surface area is 116 Å². The first-order valence-electron chi connectivity index (χ1n) is 6.19. The molecule has 0 aromatic heterocycles. The normalized spacial score (nSPS) is 13.8. The molecule has 0 bridgehead atoms. The molecule has 2 atom stereocenters. The number of primary amides is 1. The van der Waals surface area contributed by atoms with Crippen LogP contribution in [0, 0.1) is 0 Å². The van der Waals surface area contributed by atoms with Gasteiger partial charge in [-0.15, -0.1) is 0 Å². The minimum atomic E-state index is -0.726. The Morgan fingerprint density at radius 3 is 2.53 bits per heavy atom. The molecule has 0 saturated carbocycles. The molecular formula is C13H21N3O2S. The van der Waals surface area contributed by atoms with Crippen molar-refractivity contribution in [3.05, 3.63) is 29.8 Å². The molecule has 2 unspecified atom stereocenters. The van der Waals surface area contributed by atoms with Gasteiger partial charge in [0.2, 0.25) is 0 Å². The van der Waals surface area contributed by atoms with Crippen molar-refractivity contribution in [2.75, 3.05) is 23.9 Å². The first-order chi connectivity index (χ1) is 8.99. The fraction of sp³-hybridized carbons (Fsp3) is 0.462. The highest BCUT2D eigenvalue weighted by Crippen LogP contribution is 2.15. The van der Waals surface area contributed by atoms with E-state index in [1.807, 2.05) is 24.3 Å². The number of amides is 2. The molecule has 19 heavy (non-hydrogen) atoms. The molecule has 2 amide bonds. The van der Waals surface area contributed by atoms with E-state index in [0.29, 0.717) is 5.69 Å². The Morgan fingerprint density at radius 1 is 1.37 bits per heavy atom. The first-order valence-corrected chi connectivity index (χ1v) is 7.91. The van der Waals surface area contributed by atoms with Crippen LogP contribution in [0.5, 0.6) is 0 Å². The number of nitrogens with two attached hydrogens (primary N) is 1. The number of hydrogen-bond acceptors (Lipinski definition) is 3. The number of nitrogens with one attached hydrogen (secondary N) is 2. The average molecular weight is 283 g/mol. The van der Waals surface area contributed by atoms with Crippen LogP contribution in [0.4, 0.5) is 10.5 Å². The van der Waals surface area contributed by atoms with E-state index in [-0.39, 0.29) is 6.04 Å². The highest BCUT2D eigenvalue weighted by Gasteiger charge is 2.05. The minimum absolute atomic E-state index is 0.216. The topological polar surface area (TPSA) is 84.2 Å². The van der Waals surface area contributed by atoms with E-state index in [4.69, 9.17) is 5.73 Å². The Hall–Kier alpha value is -1.40. The van der Waals surface area contributed by atoms with Crippen molar-refractivity contribution in [3.8, 4) is 0 Å². The Morgan fingerprint density at radius 2 is 2.00 bits per heavy atom. The lowest BCUT2D eigenvalue weighted by molar-refractivity contribution is 0.259. The van der Waals surface area contributed by atoms with Crippen LogP contribution in [0.25, 0.3) is 0 Å². The van der Waals surface area contributed by atoms with Crippen molar-refractivity contribution in [2.45, 2.75) is 19.4 Å². The zero-order chi connectivity index (χ0) is 14.3. The van der Waals surface area contributed by atoms with Crippen LogP contribution in [0.15, 0.2) is 24.3 Å². The summed E-state index contributed by atoms with van der Waals surface area (Å²) >= 11 is 0. The largest absolute Gasteiger partial charge is 0.351 e. The fourth-order valence-corrected chi connectivity index (χ4v) is 2.26. The van der Waals surface area contributed by atoms with Crippen LogP contribution in [0.1, 0.15) is 24.9 Å². The van der Waals surface area contributed by atoms with Gasteiger partial charge in [0.05, 0.1) is 0 Å². The number of urea groups is 1. The molecule has 6 heteroatoms. The van der Waals surface area contributed by atoms with Crippen molar-refractivity contribution >= 4 is 22.5 Å². The quantitative estimate of drug-likeness (QED) is 0.664. The molecule has 1 rings (SSSR count). The van der Waals surface area contributed by atoms with Crippen LogP contribution in [-0.2, 0) is 10.8 Å². The van der Waals surface area contributed by atoms with E-state index in [1.54, 1.807) is 6.26 Å². The highest BCUT2D eigenvalue weighted by atomic mass is 32.2. The van der Waals surface area contributed by atoms with Gasteiger partial charge in [-0.05, 0) is 37.6 Å². The number of carbonyl (C=O) groups excluding carboxylic acids is 1. The molecule has 0 fully saturated rings. The number of carbonyl (C=O) groups is 1. The van der Waals surface area contributed by atoms with Gasteiger partial charge >= 0.3 is 6.03 Å². The van der Waals surface area contributed by atoms with E-state index in [2.05, 4.69) is 17.6 Å². The number of rotatable bonds is 7. The van der Waals surface area contributed by atoms with Crippen molar-refractivity contribution in [1.29, 1.82) is 0 Å². The molecule has 0 spiro atoms. The number of hydrogen-bond donors (Lipinski definition) is 3. The summed E-state index contributed by atoms with van der Waals surface area (Å²) < 4.78 is 10.9. The van der Waals surface area contributed by atoms with E-state index in [1.165, 1.54) is 0 Å². The fourth-order valence-electron chi connectivity index (χ4n) is 1.71. The average Bonchev–Trinajstić information content (AvgIpc) is 2.34. The van der Waals surface area contributed by atoms with Crippen LogP contribution >= 0.6 is 0 Å². The second-order valence-corrected chi connectivity index (χ2v) is 5.97. The maximum atomic E-state index is 10.9. The molecule has 1 aromatic rings. The van der Waals surface area contributed by atoms with Gasteiger partial charge in [0.15, 0.2) is 0 Å². The summed E-state index contributed by atoms with van der Waals surface area (Å²) in [6, 6.07) is 7.18. The molecule has 0 aliphatic rings. The third kappa shape index (κ3) is 6.35. The maximum Gasteiger partial charge on any atom is 0.316 e. The summed E-state index contributed by atoms with van der Waals surface area (Å²) in [6.45, 7) is 2.90. The number of benzene rings is 1. The van der Waals surface area contributed by atoms with Crippen molar-refractivity contribution < 1.29 is 9.00 Å². The van der Waals surface area contributed by atoms with Gasteiger partial charge < -0.3 is 16.4 Å². The van der Waals surface area contributed by atoms with Crippen LogP contribution in [0.3, 0.4) is 0 Å². The monoisotopic (exact) mass is 283 g/mol. The second-order valence-electron chi connectivity index (χ2n) is 4.42. The predicted molar refractivity (Wildman–Crippen MR) is 79.6 cm³/mol. The summed E-state index contributed by atoms with van der Waals surface area (Å²) in [5.74, 6) is 0.723. The predicted octanol–water partition coefficient (Wildman–Crippen LogP) is 1.60. The van der Waals surface area contributed by atoms with Gasteiger partial charge in [-0.25, -0.2) is 4.79 Å². The third-order valence-corrected chi connectivity index (χ3v) is 3.60. The molecule has 0 radical (unpaired) electrons. The van der Waals surface area contributed by atoms with E-state index in [0.717, 1.165) is 24.3 Å². The summed E-state index contributed by atoms with van der Waals surface area (Å²) in [7, 11) is -0.726. The van der Waals surface area contributed by atoms with Gasteiger partial charge in [-0.1, -0.05) is 12.1 Å². The second kappa shape index (κ2) is 7.91. The summed E-state index contributed by atoms with van der Waals surface area (Å²) in [6.07, 6.45) is 2.61. The third-order valence-electron chi connectivity index (χ3n) is 2.74. The lowest BCUT2D eigenvalue weighted by atomic mass is 10.1. The summed E-state index contributed by atoms with van der Waals surface area (Å²) in [5, 5.41) is 5.89. The molecule has 0 saturated heterocycles. The zero-order valence-electron chi connectivity index (χ0n) is 11.3. The van der Waals surface area contributed by atoms with Crippen LogP contribution in [-0.4, -0.2) is 28.8 Å². The van der Waals surface area contributed by atoms with Gasteiger partial charge in [-0.3, -0.25) is 4.21 Å². The van der Waals surface area contributed by atoms with E-state index >= 15 is 0 Å². The van der Waals surface area contributed by atoms with Gasteiger partial charge in [-0.2, -0.15) is 0 Å². The number of anilines is 1. The maximum absolute atomic E-state index is 10.9. The molecule has 5 nitrogen and oxygen atoms in total. The molecule has 0 aliphatic heterocycles. The molecule has 0 heterocycles. The molecule has 4 N–H and O–H groups in total. The van der Waals surface area contributed by atoms with Crippen molar-refractivity contribution in [2.24, 2.45) is 5.73 Å². The van der Waals surface area contributed by atoms with Crippen LogP contribution < -0.4 is 16.4 Å². The van der Waals surface area contributed by atoms with Crippen LogP contribution in [0.2, 0.25) is 0 Å². The first kappa shape index (κ1) is 15.7. The minimum Gasteiger partial charge on any atom is -0.351 e. The van der Waals surface area contributed by atoms with Crippen molar-refractivity contribution in [3.63, 3.8) is 0 Å². The standard InChI is InChI=1S/C13H21N3O2S/c1-10(15-8-3-9-19(2)18)11-4-6-12(7-5-11)16-13(14)17/h4-7,10,15H,3,8-9H2,1-2H3,(H3,14,16,17). The van der Waals surface area contributed by atoms with Gasteiger partial charge in [0.25, 0.3) is 0 Å². The lowest BCUT2D eigenvalue weighted by Crippen LogP contribution is -2.21. The van der Waals surface area contributed by atoms with E-state index in [9.17, 15) is 9.00 Å². The zero-order valence-corrected chi connectivity index (χ0v) is 12.1.